The van der Waals surface area contributed by atoms with Gasteiger partial charge in [-0.05, 0) is 68.0 Å². The molecule has 2 aromatic rings. The van der Waals surface area contributed by atoms with E-state index in [4.69, 9.17) is 33.9 Å². The molecule has 8 nitrogen and oxygen atoms in total. The summed E-state index contributed by atoms with van der Waals surface area (Å²) in [6.07, 6.45) is 3.40. The summed E-state index contributed by atoms with van der Waals surface area (Å²) in [6.45, 7) is 0. The standard InChI is InChI=1S/C22H26N6O2S2/c1-29-19-10-4-6-15(13-19)23-21(31)27-25-17-8-3-9-18(12-17)26-28-22(32)24-16-7-5-11-20(14-16)30-2/h4-7,10-11,13-14H,3,8-9,12H2,1-2H3,(H2,23,27,31)(H2,24,28,32). The molecule has 1 saturated carbocycles. The minimum atomic E-state index is 0.414. The summed E-state index contributed by atoms with van der Waals surface area (Å²) >= 11 is 10.7. The molecule has 1 aliphatic carbocycles. The van der Waals surface area contributed by atoms with Gasteiger partial charge in [0, 0.05) is 41.4 Å². The van der Waals surface area contributed by atoms with Crippen molar-refractivity contribution in [3.63, 3.8) is 0 Å². The second kappa shape index (κ2) is 12.0. The molecule has 4 N–H and O–H groups in total. The highest BCUT2D eigenvalue weighted by Crippen LogP contribution is 2.18. The summed E-state index contributed by atoms with van der Waals surface area (Å²) in [6, 6.07) is 15.1. The zero-order valence-electron chi connectivity index (χ0n) is 18.0. The van der Waals surface area contributed by atoms with Crippen LogP contribution in [0.4, 0.5) is 11.4 Å². The van der Waals surface area contributed by atoms with Crippen molar-refractivity contribution in [3.05, 3.63) is 48.5 Å². The molecule has 0 aromatic heterocycles. The lowest BCUT2D eigenvalue weighted by molar-refractivity contribution is 0.415. The van der Waals surface area contributed by atoms with Crippen LogP contribution < -0.4 is 31.0 Å². The Hall–Kier alpha value is -3.24. The summed E-state index contributed by atoms with van der Waals surface area (Å²) in [5, 5.41) is 15.9. The Morgan fingerprint density at radius 1 is 0.781 bits per heavy atom. The van der Waals surface area contributed by atoms with Crippen LogP contribution in [0.15, 0.2) is 58.7 Å². The van der Waals surface area contributed by atoms with Gasteiger partial charge in [0.1, 0.15) is 11.5 Å². The maximum absolute atomic E-state index is 5.33. The first-order valence-electron chi connectivity index (χ1n) is 10.1. The highest BCUT2D eigenvalue weighted by atomic mass is 32.1. The van der Waals surface area contributed by atoms with Crippen molar-refractivity contribution < 1.29 is 9.47 Å². The number of ether oxygens (including phenoxy) is 2. The van der Waals surface area contributed by atoms with Gasteiger partial charge in [-0.3, -0.25) is 10.9 Å². The first kappa shape index (κ1) is 23.4. The summed E-state index contributed by atoms with van der Waals surface area (Å²) in [4.78, 5) is 0. The van der Waals surface area contributed by atoms with E-state index in [9.17, 15) is 0 Å². The van der Waals surface area contributed by atoms with Gasteiger partial charge in [-0.15, -0.1) is 0 Å². The quantitative estimate of drug-likeness (QED) is 0.368. The molecule has 0 heterocycles. The van der Waals surface area contributed by atoms with E-state index in [0.717, 1.165) is 53.6 Å². The van der Waals surface area contributed by atoms with Gasteiger partial charge in [0.15, 0.2) is 10.2 Å². The number of nitrogens with zero attached hydrogens (tertiary/aromatic N) is 2. The summed E-state index contributed by atoms with van der Waals surface area (Å²) in [5.74, 6) is 1.51. The maximum atomic E-state index is 5.33. The lowest BCUT2D eigenvalue weighted by Crippen LogP contribution is -2.28. The Balaban J connectivity index is 1.49. The minimum Gasteiger partial charge on any atom is -0.497 e. The third-order valence-corrected chi connectivity index (χ3v) is 5.01. The molecule has 0 amide bonds. The molecule has 32 heavy (non-hydrogen) atoms. The van der Waals surface area contributed by atoms with Crippen LogP contribution in [0.25, 0.3) is 0 Å². The van der Waals surface area contributed by atoms with Crippen LogP contribution in [0, 0.1) is 0 Å². The highest BCUT2D eigenvalue weighted by Gasteiger charge is 2.14. The molecule has 2 aromatic carbocycles. The van der Waals surface area contributed by atoms with E-state index in [2.05, 4.69) is 31.7 Å². The molecule has 0 atom stereocenters. The molecule has 0 unspecified atom stereocenters. The molecule has 10 heteroatoms. The Morgan fingerprint density at radius 3 is 1.69 bits per heavy atom. The van der Waals surface area contributed by atoms with Gasteiger partial charge < -0.3 is 20.1 Å². The fourth-order valence-corrected chi connectivity index (χ4v) is 3.41. The molecule has 1 aliphatic rings. The van der Waals surface area contributed by atoms with Crippen LogP contribution in [0.3, 0.4) is 0 Å². The van der Waals surface area contributed by atoms with Crippen molar-refractivity contribution in [2.75, 3.05) is 24.9 Å². The van der Waals surface area contributed by atoms with Gasteiger partial charge >= 0.3 is 0 Å². The molecule has 0 radical (unpaired) electrons. The minimum absolute atomic E-state index is 0.414. The Labute approximate surface area is 198 Å². The SMILES string of the molecule is COc1cccc(NC(=S)NN=C2CCCC(=NNC(=S)Nc3cccc(OC)c3)C2)c1. The molecule has 3 rings (SSSR count). The lowest BCUT2D eigenvalue weighted by atomic mass is 9.97. The van der Waals surface area contributed by atoms with Crippen LogP contribution in [-0.4, -0.2) is 35.9 Å². The van der Waals surface area contributed by atoms with E-state index < -0.39 is 0 Å². The number of benzene rings is 2. The van der Waals surface area contributed by atoms with Crippen LogP contribution in [0.2, 0.25) is 0 Å². The first-order chi connectivity index (χ1) is 15.6. The molecule has 168 valence electrons. The zero-order chi connectivity index (χ0) is 22.8. The number of anilines is 2. The van der Waals surface area contributed by atoms with Crippen molar-refractivity contribution >= 4 is 57.5 Å². The number of nitrogens with one attached hydrogen (secondary N) is 4. The number of hydrogen-bond acceptors (Lipinski definition) is 6. The number of rotatable bonds is 6. The number of hydrogen-bond donors (Lipinski definition) is 4. The van der Waals surface area contributed by atoms with Gasteiger partial charge in [0.05, 0.1) is 14.2 Å². The molecular weight excluding hydrogens is 444 g/mol. The Kier molecular flexibility index (Phi) is 8.76. The Morgan fingerprint density at radius 2 is 1.25 bits per heavy atom. The molecule has 0 spiro atoms. The van der Waals surface area contributed by atoms with Crippen molar-refractivity contribution in [3.8, 4) is 11.5 Å². The second-order valence-electron chi connectivity index (χ2n) is 6.98. The predicted molar refractivity (Wildman–Crippen MR) is 138 cm³/mol. The van der Waals surface area contributed by atoms with Crippen LogP contribution in [0.1, 0.15) is 25.7 Å². The summed E-state index contributed by atoms with van der Waals surface area (Å²) in [7, 11) is 3.25. The van der Waals surface area contributed by atoms with Gasteiger partial charge in [-0.25, -0.2) is 0 Å². The molecular formula is C22H26N6O2S2. The lowest BCUT2D eigenvalue weighted by Gasteiger charge is -2.16. The van der Waals surface area contributed by atoms with E-state index in [1.165, 1.54) is 0 Å². The van der Waals surface area contributed by atoms with Crippen LogP contribution in [-0.2, 0) is 0 Å². The summed E-state index contributed by atoms with van der Waals surface area (Å²) in [5.41, 5.74) is 9.44. The molecule has 0 aliphatic heterocycles. The fourth-order valence-electron chi connectivity index (χ4n) is 3.08. The number of thiocarbonyl (C=S) groups is 2. The largest absolute Gasteiger partial charge is 0.497 e. The van der Waals surface area contributed by atoms with Gasteiger partial charge in [0.2, 0.25) is 0 Å². The van der Waals surface area contributed by atoms with Crippen LogP contribution >= 0.6 is 24.4 Å². The van der Waals surface area contributed by atoms with Gasteiger partial charge in [-0.1, -0.05) is 12.1 Å². The highest BCUT2D eigenvalue weighted by molar-refractivity contribution is 7.80. The van der Waals surface area contributed by atoms with Crippen molar-refractivity contribution in [2.24, 2.45) is 10.2 Å². The maximum Gasteiger partial charge on any atom is 0.191 e. The number of hydrazone groups is 2. The van der Waals surface area contributed by atoms with Crippen molar-refractivity contribution in [1.82, 2.24) is 10.9 Å². The van der Waals surface area contributed by atoms with Crippen molar-refractivity contribution in [1.29, 1.82) is 0 Å². The molecule has 1 fully saturated rings. The molecule has 0 saturated heterocycles. The van der Waals surface area contributed by atoms with Gasteiger partial charge in [0.25, 0.3) is 0 Å². The average Bonchev–Trinajstić information content (AvgIpc) is 2.82. The van der Waals surface area contributed by atoms with E-state index >= 15 is 0 Å². The molecule has 0 bridgehead atoms. The van der Waals surface area contributed by atoms with E-state index in [0.29, 0.717) is 16.6 Å². The third-order valence-electron chi connectivity index (χ3n) is 4.63. The van der Waals surface area contributed by atoms with Gasteiger partial charge in [-0.2, -0.15) is 10.2 Å². The second-order valence-corrected chi connectivity index (χ2v) is 7.80. The van der Waals surface area contributed by atoms with Crippen molar-refractivity contribution in [2.45, 2.75) is 25.7 Å². The normalized spacial score (nSPS) is 15.7. The van der Waals surface area contributed by atoms with E-state index in [1.807, 2.05) is 48.5 Å². The van der Waals surface area contributed by atoms with Crippen LogP contribution in [0.5, 0.6) is 11.5 Å². The average molecular weight is 471 g/mol. The number of methoxy groups -OCH3 is 2. The first-order valence-corrected chi connectivity index (χ1v) is 10.9. The smallest absolute Gasteiger partial charge is 0.191 e. The topological polar surface area (TPSA) is 91.3 Å². The van der Waals surface area contributed by atoms with E-state index in [-0.39, 0.29) is 0 Å². The predicted octanol–water partition coefficient (Wildman–Crippen LogP) is 4.26. The fraction of sp³-hybridized carbons (Fsp3) is 0.273. The zero-order valence-corrected chi connectivity index (χ0v) is 19.6. The monoisotopic (exact) mass is 470 g/mol. The Bertz CT molecular complexity index is 945. The van der Waals surface area contributed by atoms with E-state index in [1.54, 1.807) is 14.2 Å². The summed E-state index contributed by atoms with van der Waals surface area (Å²) < 4.78 is 10.4. The third kappa shape index (κ3) is 7.47.